The lowest BCUT2D eigenvalue weighted by Gasteiger charge is -2.25. The lowest BCUT2D eigenvalue weighted by Crippen LogP contribution is -2.30. The van der Waals surface area contributed by atoms with Crippen LogP contribution in [-0.4, -0.2) is 11.5 Å². The molecule has 0 bridgehead atoms. The third kappa shape index (κ3) is 2.91. The van der Waals surface area contributed by atoms with Crippen molar-refractivity contribution < 1.29 is 4.74 Å². The zero-order valence-electron chi connectivity index (χ0n) is 9.01. The number of alkyl halides is 1. The van der Waals surface area contributed by atoms with Crippen LogP contribution in [0.1, 0.15) is 26.3 Å². The molecule has 1 rings (SSSR count). The van der Waals surface area contributed by atoms with Crippen molar-refractivity contribution in [2.75, 3.05) is 5.88 Å². The van der Waals surface area contributed by atoms with E-state index in [1.165, 1.54) is 5.56 Å². The molecule has 78 valence electrons. The number of hydrogen-bond acceptors (Lipinski definition) is 1. The van der Waals surface area contributed by atoms with Crippen LogP contribution in [0.15, 0.2) is 24.3 Å². The molecule has 1 aromatic rings. The van der Waals surface area contributed by atoms with Crippen LogP contribution in [0.2, 0.25) is 0 Å². The van der Waals surface area contributed by atoms with Gasteiger partial charge in [0.15, 0.2) is 0 Å². The Kier molecular flexibility index (Phi) is 3.82. The molecule has 1 aromatic carbocycles. The monoisotopic (exact) mass is 212 g/mol. The van der Waals surface area contributed by atoms with Gasteiger partial charge >= 0.3 is 0 Å². The second-order valence-corrected chi connectivity index (χ2v) is 4.22. The van der Waals surface area contributed by atoms with Gasteiger partial charge in [0.1, 0.15) is 11.4 Å². The highest BCUT2D eigenvalue weighted by atomic mass is 35.5. The third-order valence-corrected chi connectivity index (χ3v) is 2.71. The first-order valence-corrected chi connectivity index (χ1v) is 5.45. The maximum atomic E-state index is 5.84. The van der Waals surface area contributed by atoms with Crippen molar-refractivity contribution in [3.8, 4) is 5.75 Å². The van der Waals surface area contributed by atoms with E-state index in [-0.39, 0.29) is 5.60 Å². The zero-order chi connectivity index (χ0) is 10.6. The number of rotatable bonds is 4. The number of para-hydroxylation sites is 1. The van der Waals surface area contributed by atoms with Gasteiger partial charge in [-0.25, -0.2) is 0 Å². The van der Waals surface area contributed by atoms with Crippen LogP contribution < -0.4 is 4.74 Å². The lowest BCUT2D eigenvalue weighted by atomic mass is 10.1. The molecule has 0 saturated carbocycles. The summed E-state index contributed by atoms with van der Waals surface area (Å²) in [4.78, 5) is 0. The SMILES string of the molecule is CCc1ccccc1OC(C)(C)CCl. The highest BCUT2D eigenvalue weighted by Gasteiger charge is 2.19. The first kappa shape index (κ1) is 11.4. The van der Waals surface area contributed by atoms with E-state index in [2.05, 4.69) is 13.0 Å². The van der Waals surface area contributed by atoms with E-state index in [1.807, 2.05) is 32.0 Å². The minimum atomic E-state index is -0.299. The highest BCUT2D eigenvalue weighted by molar-refractivity contribution is 6.18. The van der Waals surface area contributed by atoms with Gasteiger partial charge in [0.25, 0.3) is 0 Å². The Bertz CT molecular complexity index is 294. The molecule has 0 aromatic heterocycles. The number of ether oxygens (including phenoxy) is 1. The molecule has 14 heavy (non-hydrogen) atoms. The molecule has 0 radical (unpaired) electrons. The molecule has 0 spiro atoms. The Labute approximate surface area is 91.0 Å². The predicted molar refractivity (Wildman–Crippen MR) is 61.2 cm³/mol. The molecule has 0 atom stereocenters. The summed E-state index contributed by atoms with van der Waals surface area (Å²) in [5.41, 5.74) is 0.929. The molecule has 0 saturated heterocycles. The summed E-state index contributed by atoms with van der Waals surface area (Å²) in [6, 6.07) is 8.09. The maximum absolute atomic E-state index is 5.84. The Morgan fingerprint density at radius 1 is 1.29 bits per heavy atom. The quantitative estimate of drug-likeness (QED) is 0.693. The van der Waals surface area contributed by atoms with Gasteiger partial charge in [-0.3, -0.25) is 0 Å². The zero-order valence-corrected chi connectivity index (χ0v) is 9.77. The summed E-state index contributed by atoms with van der Waals surface area (Å²) in [6.07, 6.45) is 0.981. The first-order valence-electron chi connectivity index (χ1n) is 4.92. The van der Waals surface area contributed by atoms with Crippen molar-refractivity contribution >= 4 is 11.6 Å². The van der Waals surface area contributed by atoms with Crippen LogP contribution in [-0.2, 0) is 6.42 Å². The van der Waals surface area contributed by atoms with Crippen LogP contribution in [0.4, 0.5) is 0 Å². The molecule has 0 heterocycles. The molecule has 0 aliphatic heterocycles. The van der Waals surface area contributed by atoms with E-state index in [9.17, 15) is 0 Å². The van der Waals surface area contributed by atoms with Crippen LogP contribution >= 0.6 is 11.6 Å². The highest BCUT2D eigenvalue weighted by Crippen LogP contribution is 2.24. The Morgan fingerprint density at radius 2 is 1.93 bits per heavy atom. The van der Waals surface area contributed by atoms with E-state index in [0.29, 0.717) is 5.88 Å². The normalized spacial score (nSPS) is 11.4. The average Bonchev–Trinajstić information content (AvgIpc) is 2.18. The van der Waals surface area contributed by atoms with Crippen LogP contribution in [0.3, 0.4) is 0 Å². The van der Waals surface area contributed by atoms with Crippen molar-refractivity contribution in [2.45, 2.75) is 32.8 Å². The van der Waals surface area contributed by atoms with Crippen molar-refractivity contribution in [3.05, 3.63) is 29.8 Å². The van der Waals surface area contributed by atoms with Crippen LogP contribution in [0, 0.1) is 0 Å². The van der Waals surface area contributed by atoms with E-state index in [0.717, 1.165) is 12.2 Å². The smallest absolute Gasteiger partial charge is 0.123 e. The van der Waals surface area contributed by atoms with Gasteiger partial charge in [-0.1, -0.05) is 25.1 Å². The van der Waals surface area contributed by atoms with Gasteiger partial charge in [-0.05, 0) is 31.9 Å². The second-order valence-electron chi connectivity index (χ2n) is 3.96. The van der Waals surface area contributed by atoms with Gasteiger partial charge in [-0.15, -0.1) is 11.6 Å². The maximum Gasteiger partial charge on any atom is 0.123 e. The molecule has 0 aliphatic carbocycles. The fourth-order valence-corrected chi connectivity index (χ4v) is 1.27. The Morgan fingerprint density at radius 3 is 2.50 bits per heavy atom. The van der Waals surface area contributed by atoms with Gasteiger partial charge < -0.3 is 4.74 Å². The van der Waals surface area contributed by atoms with Gasteiger partial charge in [0.2, 0.25) is 0 Å². The molecule has 0 amide bonds. The molecule has 2 heteroatoms. The van der Waals surface area contributed by atoms with Crippen molar-refractivity contribution in [1.29, 1.82) is 0 Å². The molecule has 0 N–H and O–H groups in total. The molecule has 0 fully saturated rings. The third-order valence-electron chi connectivity index (χ3n) is 2.06. The fourth-order valence-electron chi connectivity index (χ4n) is 1.22. The standard InChI is InChI=1S/C12H17ClO/c1-4-10-7-5-6-8-11(10)14-12(2,3)9-13/h5-8H,4,9H2,1-3H3. The summed E-state index contributed by atoms with van der Waals surface area (Å²) < 4.78 is 5.84. The van der Waals surface area contributed by atoms with E-state index >= 15 is 0 Å². The lowest BCUT2D eigenvalue weighted by molar-refractivity contribution is 0.133. The molecule has 0 unspecified atom stereocenters. The summed E-state index contributed by atoms with van der Waals surface area (Å²) in [7, 11) is 0. The predicted octanol–water partition coefficient (Wildman–Crippen LogP) is 3.65. The first-order chi connectivity index (χ1) is 6.59. The van der Waals surface area contributed by atoms with Crippen molar-refractivity contribution in [2.24, 2.45) is 0 Å². The van der Waals surface area contributed by atoms with Gasteiger partial charge in [0.05, 0.1) is 5.88 Å². The minimum absolute atomic E-state index is 0.299. The van der Waals surface area contributed by atoms with Crippen LogP contribution in [0.5, 0.6) is 5.75 Å². The van der Waals surface area contributed by atoms with Gasteiger partial charge in [-0.2, -0.15) is 0 Å². The Hall–Kier alpha value is -0.690. The molecule has 0 aliphatic rings. The summed E-state index contributed by atoms with van der Waals surface area (Å²) in [6.45, 7) is 6.11. The van der Waals surface area contributed by atoms with E-state index in [4.69, 9.17) is 16.3 Å². The minimum Gasteiger partial charge on any atom is -0.486 e. The largest absolute Gasteiger partial charge is 0.486 e. The molecule has 1 nitrogen and oxygen atoms in total. The number of benzene rings is 1. The fraction of sp³-hybridized carbons (Fsp3) is 0.500. The Balaban J connectivity index is 2.85. The average molecular weight is 213 g/mol. The van der Waals surface area contributed by atoms with Crippen LogP contribution in [0.25, 0.3) is 0 Å². The number of halogens is 1. The molecular weight excluding hydrogens is 196 g/mol. The molecular formula is C12H17ClO. The summed E-state index contributed by atoms with van der Waals surface area (Å²) >= 11 is 5.81. The number of hydrogen-bond donors (Lipinski definition) is 0. The van der Waals surface area contributed by atoms with Crippen molar-refractivity contribution in [1.82, 2.24) is 0 Å². The summed E-state index contributed by atoms with van der Waals surface area (Å²) in [5.74, 6) is 1.44. The van der Waals surface area contributed by atoms with Crippen molar-refractivity contribution in [3.63, 3.8) is 0 Å². The van der Waals surface area contributed by atoms with E-state index < -0.39 is 0 Å². The van der Waals surface area contributed by atoms with E-state index in [1.54, 1.807) is 0 Å². The second kappa shape index (κ2) is 4.70. The number of aryl methyl sites for hydroxylation is 1. The topological polar surface area (TPSA) is 9.23 Å². The van der Waals surface area contributed by atoms with Gasteiger partial charge in [0, 0.05) is 0 Å². The summed E-state index contributed by atoms with van der Waals surface area (Å²) in [5, 5.41) is 0.